The minimum Gasteiger partial charge on any atom is -0.458 e. The number of Topliss-reactive ketones (excluding diaryl/α,β-unsaturated/α-hetero) is 1. The quantitative estimate of drug-likeness (QED) is 0.666. The van der Waals surface area contributed by atoms with Crippen molar-refractivity contribution < 1.29 is 9.21 Å². The molecule has 0 radical (unpaired) electrons. The van der Waals surface area contributed by atoms with Crippen LogP contribution in [0.4, 0.5) is 0 Å². The molecule has 1 aromatic heterocycles. The molecular weight excluding hydrogens is 164 g/mol. The van der Waals surface area contributed by atoms with Crippen LogP contribution in [0.3, 0.4) is 0 Å². The zero-order chi connectivity index (χ0) is 9.84. The number of carbonyl (C=O) groups is 1. The molecule has 0 unspecified atom stereocenters. The summed E-state index contributed by atoms with van der Waals surface area (Å²) in [5.41, 5.74) is 0. The summed E-state index contributed by atoms with van der Waals surface area (Å²) in [7, 11) is 0. The lowest BCUT2D eigenvalue weighted by Crippen LogP contribution is -2.01. The lowest BCUT2D eigenvalue weighted by molar-refractivity contribution is 0.0939. The van der Waals surface area contributed by atoms with Gasteiger partial charge in [-0.1, -0.05) is 20.8 Å². The topological polar surface area (TPSA) is 30.2 Å². The first-order valence-corrected chi connectivity index (χ1v) is 4.75. The third kappa shape index (κ3) is 2.72. The molecule has 0 amide bonds. The predicted octanol–water partition coefficient (Wildman–Crippen LogP) is 3.07. The van der Waals surface area contributed by atoms with E-state index in [4.69, 9.17) is 4.42 Å². The van der Waals surface area contributed by atoms with Crippen molar-refractivity contribution in [3.8, 4) is 0 Å². The molecule has 0 N–H and O–H groups in total. The van der Waals surface area contributed by atoms with Crippen molar-refractivity contribution in [1.29, 1.82) is 0 Å². The lowest BCUT2D eigenvalue weighted by atomic mass is 10.1. The maximum absolute atomic E-state index is 11.5. The molecule has 2 nitrogen and oxygen atoms in total. The van der Waals surface area contributed by atoms with Gasteiger partial charge in [-0.2, -0.15) is 0 Å². The molecule has 0 saturated heterocycles. The molecule has 1 rings (SSSR count). The molecule has 0 bridgehead atoms. The molecule has 1 aromatic rings. The molecule has 0 aliphatic carbocycles. The summed E-state index contributed by atoms with van der Waals surface area (Å²) in [5.74, 6) is 1.88. The largest absolute Gasteiger partial charge is 0.458 e. The number of ketones is 1. The highest BCUT2D eigenvalue weighted by Gasteiger charge is 2.11. The van der Waals surface area contributed by atoms with Crippen LogP contribution in [0.1, 0.15) is 43.5 Å². The van der Waals surface area contributed by atoms with E-state index in [1.165, 1.54) is 0 Å². The van der Waals surface area contributed by atoms with E-state index in [9.17, 15) is 4.79 Å². The number of aryl methyl sites for hydroxylation is 1. The fourth-order valence-corrected chi connectivity index (χ4v) is 1.19. The minimum atomic E-state index is 0.106. The smallest absolute Gasteiger partial charge is 0.198 e. The highest BCUT2D eigenvalue weighted by Crippen LogP contribution is 2.13. The first-order valence-electron chi connectivity index (χ1n) is 4.75. The highest BCUT2D eigenvalue weighted by molar-refractivity contribution is 5.93. The monoisotopic (exact) mass is 180 g/mol. The SMILES string of the molecule is CCc1ccc(C(=O)CC(C)C)o1. The van der Waals surface area contributed by atoms with Crippen LogP contribution in [0.2, 0.25) is 0 Å². The Labute approximate surface area is 78.9 Å². The van der Waals surface area contributed by atoms with Gasteiger partial charge in [0.15, 0.2) is 11.5 Å². The Balaban J connectivity index is 2.66. The normalized spacial score (nSPS) is 10.8. The number of hydrogen-bond donors (Lipinski definition) is 0. The fourth-order valence-electron chi connectivity index (χ4n) is 1.19. The van der Waals surface area contributed by atoms with Crippen molar-refractivity contribution in [1.82, 2.24) is 0 Å². The van der Waals surface area contributed by atoms with E-state index >= 15 is 0 Å². The van der Waals surface area contributed by atoms with Crippen LogP contribution >= 0.6 is 0 Å². The maximum Gasteiger partial charge on any atom is 0.198 e. The van der Waals surface area contributed by atoms with Gasteiger partial charge in [0.1, 0.15) is 5.76 Å². The Bertz CT molecular complexity index is 284. The van der Waals surface area contributed by atoms with Crippen LogP contribution in [0.15, 0.2) is 16.5 Å². The summed E-state index contributed by atoms with van der Waals surface area (Å²) in [4.78, 5) is 11.5. The molecule has 0 spiro atoms. The van der Waals surface area contributed by atoms with Crippen molar-refractivity contribution in [3.05, 3.63) is 23.7 Å². The van der Waals surface area contributed by atoms with Gasteiger partial charge >= 0.3 is 0 Å². The Kier molecular flexibility index (Phi) is 3.29. The molecule has 0 saturated carbocycles. The van der Waals surface area contributed by atoms with Crippen molar-refractivity contribution in [2.24, 2.45) is 5.92 Å². The number of rotatable bonds is 4. The maximum atomic E-state index is 11.5. The zero-order valence-electron chi connectivity index (χ0n) is 8.46. The van der Waals surface area contributed by atoms with Gasteiger partial charge in [-0.15, -0.1) is 0 Å². The van der Waals surface area contributed by atoms with E-state index in [1.54, 1.807) is 6.07 Å². The summed E-state index contributed by atoms with van der Waals surface area (Å²) in [5, 5.41) is 0. The van der Waals surface area contributed by atoms with Gasteiger partial charge < -0.3 is 4.42 Å². The van der Waals surface area contributed by atoms with Gasteiger partial charge in [-0.3, -0.25) is 4.79 Å². The molecular formula is C11H16O2. The Morgan fingerprint density at radius 1 is 1.46 bits per heavy atom. The lowest BCUT2D eigenvalue weighted by Gasteiger charge is -2.00. The highest BCUT2D eigenvalue weighted by atomic mass is 16.3. The van der Waals surface area contributed by atoms with Crippen molar-refractivity contribution >= 4 is 5.78 Å². The summed E-state index contributed by atoms with van der Waals surface area (Å²) < 4.78 is 5.35. The average molecular weight is 180 g/mol. The van der Waals surface area contributed by atoms with Gasteiger partial charge in [-0.25, -0.2) is 0 Å². The minimum absolute atomic E-state index is 0.106. The molecule has 0 aliphatic rings. The van der Waals surface area contributed by atoms with Crippen LogP contribution in [-0.4, -0.2) is 5.78 Å². The first kappa shape index (κ1) is 10.0. The molecule has 0 atom stereocenters. The zero-order valence-corrected chi connectivity index (χ0v) is 8.46. The summed E-state index contributed by atoms with van der Waals surface area (Å²) in [6.07, 6.45) is 1.41. The van der Waals surface area contributed by atoms with Gasteiger partial charge in [0.2, 0.25) is 0 Å². The van der Waals surface area contributed by atoms with Crippen LogP contribution in [0.5, 0.6) is 0 Å². The Morgan fingerprint density at radius 2 is 2.15 bits per heavy atom. The van der Waals surface area contributed by atoms with Crippen LogP contribution in [0, 0.1) is 5.92 Å². The van der Waals surface area contributed by atoms with Gasteiger partial charge in [0.25, 0.3) is 0 Å². The number of carbonyl (C=O) groups excluding carboxylic acids is 1. The van der Waals surface area contributed by atoms with E-state index in [0.29, 0.717) is 18.1 Å². The predicted molar refractivity (Wildman–Crippen MR) is 51.9 cm³/mol. The Hall–Kier alpha value is -1.05. The van der Waals surface area contributed by atoms with E-state index in [2.05, 4.69) is 0 Å². The summed E-state index contributed by atoms with van der Waals surface area (Å²) >= 11 is 0. The summed E-state index contributed by atoms with van der Waals surface area (Å²) in [6.45, 7) is 6.07. The molecule has 0 fully saturated rings. The van der Waals surface area contributed by atoms with E-state index in [0.717, 1.165) is 12.2 Å². The van der Waals surface area contributed by atoms with Gasteiger partial charge in [0, 0.05) is 12.8 Å². The van der Waals surface area contributed by atoms with Crippen molar-refractivity contribution in [2.75, 3.05) is 0 Å². The third-order valence-corrected chi connectivity index (χ3v) is 1.88. The average Bonchev–Trinajstić information content (AvgIpc) is 2.50. The van der Waals surface area contributed by atoms with Gasteiger partial charge in [0.05, 0.1) is 0 Å². The number of furan rings is 1. The molecule has 72 valence electrons. The van der Waals surface area contributed by atoms with E-state index in [-0.39, 0.29) is 5.78 Å². The fraction of sp³-hybridized carbons (Fsp3) is 0.545. The Morgan fingerprint density at radius 3 is 2.62 bits per heavy atom. The van der Waals surface area contributed by atoms with Crippen LogP contribution in [0.25, 0.3) is 0 Å². The molecule has 0 aliphatic heterocycles. The molecule has 13 heavy (non-hydrogen) atoms. The van der Waals surface area contributed by atoms with E-state index in [1.807, 2.05) is 26.8 Å². The second kappa shape index (κ2) is 4.26. The van der Waals surface area contributed by atoms with Crippen LogP contribution < -0.4 is 0 Å². The number of hydrogen-bond acceptors (Lipinski definition) is 2. The standard InChI is InChI=1S/C11H16O2/c1-4-9-5-6-11(13-9)10(12)7-8(2)3/h5-6,8H,4,7H2,1-3H3. The second-order valence-corrected chi connectivity index (χ2v) is 3.64. The third-order valence-electron chi connectivity index (χ3n) is 1.88. The molecule has 1 heterocycles. The van der Waals surface area contributed by atoms with Crippen LogP contribution in [-0.2, 0) is 6.42 Å². The summed E-state index contributed by atoms with van der Waals surface area (Å²) in [6, 6.07) is 3.64. The van der Waals surface area contributed by atoms with Crippen molar-refractivity contribution in [2.45, 2.75) is 33.6 Å². The van der Waals surface area contributed by atoms with E-state index < -0.39 is 0 Å². The molecule has 2 heteroatoms. The van der Waals surface area contributed by atoms with Crippen molar-refractivity contribution in [3.63, 3.8) is 0 Å². The van der Waals surface area contributed by atoms with Gasteiger partial charge in [-0.05, 0) is 18.1 Å². The molecule has 0 aromatic carbocycles. The first-order chi connectivity index (χ1) is 6.13. The second-order valence-electron chi connectivity index (χ2n) is 3.64.